The van der Waals surface area contributed by atoms with Gasteiger partial charge in [-0.15, -0.1) is 0 Å². The summed E-state index contributed by atoms with van der Waals surface area (Å²) in [7, 11) is 0. The first-order chi connectivity index (χ1) is 9.68. The second-order valence-corrected chi connectivity index (χ2v) is 4.68. The monoisotopic (exact) mass is 271 g/mol. The maximum absolute atomic E-state index is 11.9. The summed E-state index contributed by atoms with van der Waals surface area (Å²) >= 11 is 0. The van der Waals surface area contributed by atoms with Crippen molar-refractivity contribution in [3.63, 3.8) is 0 Å². The number of carbonyl (C=O) groups is 1. The molecule has 1 aromatic heterocycles. The minimum atomic E-state index is -1.24. The van der Waals surface area contributed by atoms with E-state index < -0.39 is 11.7 Å². The zero-order valence-electron chi connectivity index (χ0n) is 11.2. The quantitative estimate of drug-likeness (QED) is 0.850. The van der Waals surface area contributed by atoms with Crippen molar-refractivity contribution in [3.05, 3.63) is 70.1 Å². The third-order valence-corrected chi connectivity index (χ3v) is 3.24. The Morgan fingerprint density at radius 2 is 1.70 bits per heavy atom. The van der Waals surface area contributed by atoms with E-state index in [0.29, 0.717) is 12.0 Å². The lowest BCUT2D eigenvalue weighted by Crippen LogP contribution is -2.27. The minimum Gasteiger partial charge on any atom is -0.464 e. The Morgan fingerprint density at radius 1 is 1.00 bits per heavy atom. The summed E-state index contributed by atoms with van der Waals surface area (Å²) in [5.41, 5.74) is 1.41. The summed E-state index contributed by atoms with van der Waals surface area (Å²) in [5.74, 6) is 0. The van der Waals surface area contributed by atoms with Crippen LogP contribution in [0.1, 0.15) is 24.0 Å². The fourth-order valence-corrected chi connectivity index (χ4v) is 2.17. The van der Waals surface area contributed by atoms with E-state index in [9.17, 15) is 9.59 Å². The SMILES string of the molecule is O=C(O)n1cccc(CCCCc2ccccc2)c1=O. The molecule has 2 aromatic rings. The van der Waals surface area contributed by atoms with Crippen molar-refractivity contribution in [1.29, 1.82) is 0 Å². The summed E-state index contributed by atoms with van der Waals surface area (Å²) in [6.07, 6.45) is 3.47. The van der Waals surface area contributed by atoms with E-state index in [1.807, 2.05) is 18.2 Å². The first-order valence-corrected chi connectivity index (χ1v) is 6.66. The molecule has 0 spiro atoms. The van der Waals surface area contributed by atoms with Gasteiger partial charge in [0.15, 0.2) is 0 Å². The standard InChI is InChI=1S/C16H17NO3/c18-15-14(11-6-12-17(15)16(19)20)10-5-4-9-13-7-2-1-3-8-13/h1-3,6-8,11-12H,4-5,9-10H2,(H,19,20). The average Bonchev–Trinajstić information content (AvgIpc) is 2.46. The third kappa shape index (κ3) is 3.57. The summed E-state index contributed by atoms with van der Waals surface area (Å²) in [6.45, 7) is 0. The first-order valence-electron chi connectivity index (χ1n) is 6.66. The molecule has 2 rings (SSSR count). The van der Waals surface area contributed by atoms with E-state index in [-0.39, 0.29) is 0 Å². The van der Waals surface area contributed by atoms with Crippen LogP contribution in [0.25, 0.3) is 0 Å². The molecule has 0 fully saturated rings. The Morgan fingerprint density at radius 3 is 2.40 bits per heavy atom. The molecule has 0 amide bonds. The summed E-state index contributed by atoms with van der Waals surface area (Å²) in [5, 5.41) is 8.87. The van der Waals surface area contributed by atoms with Crippen LogP contribution < -0.4 is 5.56 Å². The van der Waals surface area contributed by atoms with Gasteiger partial charge in [-0.25, -0.2) is 9.36 Å². The van der Waals surface area contributed by atoms with Gasteiger partial charge in [0, 0.05) is 11.8 Å². The van der Waals surface area contributed by atoms with Crippen molar-refractivity contribution in [2.75, 3.05) is 0 Å². The Kier molecular flexibility index (Phi) is 4.71. The van der Waals surface area contributed by atoms with Crippen molar-refractivity contribution < 1.29 is 9.90 Å². The number of carboxylic acid groups (broad SMARTS) is 1. The van der Waals surface area contributed by atoms with Crippen molar-refractivity contribution >= 4 is 6.09 Å². The number of pyridine rings is 1. The molecule has 0 bridgehead atoms. The molecule has 1 aromatic carbocycles. The molecule has 4 nitrogen and oxygen atoms in total. The van der Waals surface area contributed by atoms with Crippen LogP contribution in [-0.4, -0.2) is 15.8 Å². The summed E-state index contributed by atoms with van der Waals surface area (Å²) in [6, 6.07) is 13.5. The van der Waals surface area contributed by atoms with Crippen molar-refractivity contribution in [2.45, 2.75) is 25.7 Å². The predicted octanol–water partition coefficient (Wildman–Crippen LogP) is 2.94. The van der Waals surface area contributed by atoms with Gasteiger partial charge in [-0.2, -0.15) is 0 Å². The smallest absolute Gasteiger partial charge is 0.418 e. The highest BCUT2D eigenvalue weighted by molar-refractivity contribution is 5.67. The Labute approximate surface area is 117 Å². The molecule has 0 aliphatic carbocycles. The topological polar surface area (TPSA) is 59.3 Å². The van der Waals surface area contributed by atoms with Crippen molar-refractivity contribution in [2.24, 2.45) is 0 Å². The summed E-state index contributed by atoms with van der Waals surface area (Å²) < 4.78 is 0.729. The van der Waals surface area contributed by atoms with E-state index in [1.54, 1.807) is 12.1 Å². The number of unbranched alkanes of at least 4 members (excludes halogenated alkanes) is 1. The summed E-state index contributed by atoms with van der Waals surface area (Å²) in [4.78, 5) is 22.7. The number of benzene rings is 1. The van der Waals surface area contributed by atoms with Crippen LogP contribution >= 0.6 is 0 Å². The number of rotatable bonds is 5. The van der Waals surface area contributed by atoms with Gasteiger partial charge in [0.05, 0.1) is 0 Å². The predicted molar refractivity (Wildman–Crippen MR) is 77.2 cm³/mol. The number of aryl methyl sites for hydroxylation is 2. The molecular formula is C16H17NO3. The maximum atomic E-state index is 11.9. The molecule has 0 aliphatic heterocycles. The van der Waals surface area contributed by atoms with Crippen LogP contribution in [0.4, 0.5) is 4.79 Å². The maximum Gasteiger partial charge on any atom is 0.418 e. The second kappa shape index (κ2) is 6.70. The molecule has 104 valence electrons. The zero-order valence-corrected chi connectivity index (χ0v) is 11.2. The van der Waals surface area contributed by atoms with Crippen LogP contribution in [0.15, 0.2) is 53.5 Å². The van der Waals surface area contributed by atoms with E-state index in [2.05, 4.69) is 12.1 Å². The lowest BCUT2D eigenvalue weighted by atomic mass is 10.0. The van der Waals surface area contributed by atoms with Crippen LogP contribution in [0.2, 0.25) is 0 Å². The lowest BCUT2D eigenvalue weighted by Gasteiger charge is -2.04. The second-order valence-electron chi connectivity index (χ2n) is 4.68. The number of hydrogen-bond donors (Lipinski definition) is 1. The van der Waals surface area contributed by atoms with Gasteiger partial charge < -0.3 is 5.11 Å². The van der Waals surface area contributed by atoms with Gasteiger partial charge in [-0.3, -0.25) is 4.79 Å². The van der Waals surface area contributed by atoms with Crippen LogP contribution in [-0.2, 0) is 12.8 Å². The molecule has 0 saturated carbocycles. The normalized spacial score (nSPS) is 10.4. The molecule has 20 heavy (non-hydrogen) atoms. The van der Waals surface area contributed by atoms with E-state index in [1.165, 1.54) is 11.8 Å². The number of hydrogen-bond acceptors (Lipinski definition) is 2. The fourth-order valence-electron chi connectivity index (χ4n) is 2.17. The highest BCUT2D eigenvalue weighted by Crippen LogP contribution is 2.07. The van der Waals surface area contributed by atoms with Crippen LogP contribution in [0.3, 0.4) is 0 Å². The molecular weight excluding hydrogens is 254 g/mol. The molecule has 0 unspecified atom stereocenters. The molecule has 1 heterocycles. The zero-order chi connectivity index (χ0) is 14.4. The highest BCUT2D eigenvalue weighted by atomic mass is 16.4. The lowest BCUT2D eigenvalue weighted by molar-refractivity contribution is 0.195. The molecule has 1 N–H and O–H groups in total. The molecule has 0 aliphatic rings. The van der Waals surface area contributed by atoms with Crippen LogP contribution in [0, 0.1) is 0 Å². The fraction of sp³-hybridized carbons (Fsp3) is 0.250. The van der Waals surface area contributed by atoms with Gasteiger partial charge in [0.25, 0.3) is 5.56 Å². The minimum absolute atomic E-state index is 0.431. The van der Waals surface area contributed by atoms with Crippen LogP contribution in [0.5, 0.6) is 0 Å². The Bertz CT molecular complexity index is 632. The van der Waals surface area contributed by atoms with Gasteiger partial charge in [0.2, 0.25) is 0 Å². The third-order valence-electron chi connectivity index (χ3n) is 3.24. The van der Waals surface area contributed by atoms with E-state index >= 15 is 0 Å². The molecule has 4 heteroatoms. The Hall–Kier alpha value is -2.36. The average molecular weight is 271 g/mol. The Balaban J connectivity index is 1.90. The molecule has 0 atom stereocenters. The molecule has 0 saturated heterocycles. The largest absolute Gasteiger partial charge is 0.464 e. The highest BCUT2D eigenvalue weighted by Gasteiger charge is 2.07. The first kappa shape index (κ1) is 14.1. The van der Waals surface area contributed by atoms with E-state index in [4.69, 9.17) is 5.11 Å². The number of aromatic nitrogens is 1. The van der Waals surface area contributed by atoms with Gasteiger partial charge >= 0.3 is 6.09 Å². The van der Waals surface area contributed by atoms with Gasteiger partial charge in [-0.05, 0) is 37.3 Å². The molecule has 0 radical (unpaired) electrons. The van der Waals surface area contributed by atoms with Gasteiger partial charge in [-0.1, -0.05) is 36.4 Å². The van der Waals surface area contributed by atoms with Crippen molar-refractivity contribution in [3.8, 4) is 0 Å². The van der Waals surface area contributed by atoms with Gasteiger partial charge in [0.1, 0.15) is 0 Å². The number of nitrogens with zero attached hydrogens (tertiary/aromatic N) is 1. The van der Waals surface area contributed by atoms with E-state index in [0.717, 1.165) is 23.8 Å². The van der Waals surface area contributed by atoms with Crippen molar-refractivity contribution in [1.82, 2.24) is 4.57 Å².